The summed E-state index contributed by atoms with van der Waals surface area (Å²) < 4.78 is 10.0. The van der Waals surface area contributed by atoms with Crippen LogP contribution in [-0.2, 0) is 12.8 Å². The van der Waals surface area contributed by atoms with Gasteiger partial charge in [-0.05, 0) is 74.5 Å². The van der Waals surface area contributed by atoms with Gasteiger partial charge in [0.15, 0.2) is 0 Å². The molecule has 0 radical (unpaired) electrons. The Morgan fingerprint density at radius 1 is 0.778 bits per heavy atom. The first-order valence-corrected chi connectivity index (χ1v) is 14.8. The number of hydrogen-bond donors (Lipinski definition) is 2. The molecule has 0 atom stereocenters. The summed E-state index contributed by atoms with van der Waals surface area (Å²) in [6, 6.07) is 2.45. The zero-order valence-electron chi connectivity index (χ0n) is 24.7. The van der Waals surface area contributed by atoms with Crippen LogP contribution in [0.15, 0.2) is 73.8 Å². The molecule has 232 valence electrons. The van der Waals surface area contributed by atoms with Crippen molar-refractivity contribution in [2.45, 2.75) is 71.6 Å². The van der Waals surface area contributed by atoms with Crippen molar-refractivity contribution in [1.29, 1.82) is 0 Å². The normalized spacial score (nSPS) is 16.4. The molecule has 14 nitrogen and oxygen atoms in total. The summed E-state index contributed by atoms with van der Waals surface area (Å²) in [5.74, 6) is 0. The Balaban J connectivity index is 0.000000163. The molecule has 4 aromatic rings. The number of oxime groups is 2. The number of nitrogens with zero attached hydrogens (tertiary/aromatic N) is 4. The van der Waals surface area contributed by atoms with Crippen LogP contribution in [0, 0.1) is 0 Å². The molecule has 2 N–H and O–H groups in total. The van der Waals surface area contributed by atoms with Gasteiger partial charge in [0.1, 0.15) is 10.8 Å². The number of aromatic nitrogens is 4. The quantitative estimate of drug-likeness (QED) is 0.300. The summed E-state index contributed by atoms with van der Waals surface area (Å²) in [6.45, 7) is 3.70. The highest BCUT2D eigenvalue weighted by atomic mass is 16.6. The molecule has 7 rings (SSSR count). The molecule has 4 heterocycles. The second-order valence-electron chi connectivity index (χ2n) is 10.7. The van der Waals surface area contributed by atoms with E-state index in [1.807, 2.05) is 13.8 Å². The minimum Gasteiger partial charge on any atom is -0.403 e. The van der Waals surface area contributed by atoms with Crippen LogP contribution in [0.25, 0.3) is 22.2 Å². The zero-order chi connectivity index (χ0) is 31.5. The molecule has 14 heteroatoms. The van der Waals surface area contributed by atoms with Gasteiger partial charge in [0.25, 0.3) is 11.1 Å². The van der Waals surface area contributed by atoms with Crippen LogP contribution in [0.1, 0.15) is 69.9 Å². The first-order valence-electron chi connectivity index (χ1n) is 14.8. The molecule has 1 saturated carbocycles. The standard InChI is InChI=1S/C18H17N3O4.C13H13N3O4/c1-2-10-9-14(22)24-17-15(10)16(23)19-18(20-17)25-21-13-8-4-6-11-5-3-7-12(11)13;1-2-7-6-9(17)19-12-10(7)11(18)14-13(15-12)20-16-8-4-3-5-8/h3,7,9H,2,4-6,8H2,1H3,(H,19,20,23);6H,2-5H2,1H3,(H,14,15,18). The molecule has 3 aliphatic rings. The summed E-state index contributed by atoms with van der Waals surface area (Å²) in [4.78, 5) is 70.9. The molecule has 0 spiro atoms. The van der Waals surface area contributed by atoms with Crippen molar-refractivity contribution < 1.29 is 18.5 Å². The number of allylic oxidation sites excluding steroid dienone is 4. The van der Waals surface area contributed by atoms with Crippen LogP contribution >= 0.6 is 0 Å². The van der Waals surface area contributed by atoms with E-state index in [9.17, 15) is 19.2 Å². The summed E-state index contributed by atoms with van der Waals surface area (Å²) >= 11 is 0. The van der Waals surface area contributed by atoms with Crippen molar-refractivity contribution in [3.63, 3.8) is 0 Å². The molecule has 0 aromatic carbocycles. The molecule has 0 aliphatic heterocycles. The Morgan fingerprint density at radius 2 is 1.33 bits per heavy atom. The molecule has 3 aliphatic carbocycles. The first-order chi connectivity index (χ1) is 21.8. The summed E-state index contributed by atoms with van der Waals surface area (Å²) in [6.07, 6.45) is 12.0. The molecule has 4 aromatic heterocycles. The van der Waals surface area contributed by atoms with Gasteiger partial charge >= 0.3 is 23.3 Å². The number of hydrogen-bond acceptors (Lipinski definition) is 12. The van der Waals surface area contributed by atoms with Crippen molar-refractivity contribution in [3.05, 3.63) is 88.1 Å². The van der Waals surface area contributed by atoms with E-state index < -0.39 is 22.4 Å². The smallest absolute Gasteiger partial charge is 0.337 e. The molecule has 1 fully saturated rings. The van der Waals surface area contributed by atoms with Crippen molar-refractivity contribution in [2.24, 2.45) is 10.3 Å². The fourth-order valence-corrected chi connectivity index (χ4v) is 5.32. The SMILES string of the molecule is CCc1cc(=O)oc2nc(ON=C3CCC3)[nH]c(=O)c12.CCc1cc(=O)oc2nc(ON=C3CCCC4=C3C=CC4)[nH]c(=O)c12. The molecule has 45 heavy (non-hydrogen) atoms. The van der Waals surface area contributed by atoms with Gasteiger partial charge in [0, 0.05) is 12.1 Å². The lowest BCUT2D eigenvalue weighted by Crippen LogP contribution is -2.15. The highest BCUT2D eigenvalue weighted by Crippen LogP contribution is 2.31. The maximum atomic E-state index is 12.3. The number of nitrogens with one attached hydrogen (secondary N) is 2. The summed E-state index contributed by atoms with van der Waals surface area (Å²) in [5, 5.41) is 8.58. The van der Waals surface area contributed by atoms with Gasteiger partial charge in [-0.3, -0.25) is 19.6 Å². The maximum Gasteiger partial charge on any atom is 0.337 e. The Hall–Kier alpha value is -5.40. The lowest BCUT2D eigenvalue weighted by molar-refractivity contribution is 0.306. The van der Waals surface area contributed by atoms with Crippen LogP contribution < -0.4 is 32.0 Å². The number of H-pyrrole nitrogens is 2. The Labute approximate surface area is 254 Å². The predicted octanol–water partition coefficient (Wildman–Crippen LogP) is 3.97. The van der Waals surface area contributed by atoms with Crippen molar-refractivity contribution in [1.82, 2.24) is 19.9 Å². The highest BCUT2D eigenvalue weighted by molar-refractivity contribution is 6.04. The predicted molar refractivity (Wildman–Crippen MR) is 165 cm³/mol. The van der Waals surface area contributed by atoms with Crippen LogP contribution in [0.2, 0.25) is 0 Å². The molecular weight excluding hydrogens is 584 g/mol. The first kappa shape index (κ1) is 29.7. The minimum atomic E-state index is -0.544. The van der Waals surface area contributed by atoms with E-state index in [1.165, 1.54) is 17.7 Å². The lowest BCUT2D eigenvalue weighted by atomic mass is 9.92. The average molecular weight is 615 g/mol. The third-order valence-corrected chi connectivity index (χ3v) is 7.78. The van der Waals surface area contributed by atoms with E-state index >= 15 is 0 Å². The van der Waals surface area contributed by atoms with Crippen LogP contribution in [0.3, 0.4) is 0 Å². The van der Waals surface area contributed by atoms with E-state index in [0.29, 0.717) is 24.0 Å². The maximum absolute atomic E-state index is 12.3. The minimum absolute atomic E-state index is 0.0260. The molecule has 0 amide bonds. The summed E-state index contributed by atoms with van der Waals surface area (Å²) in [7, 11) is 0. The van der Waals surface area contributed by atoms with Crippen molar-refractivity contribution in [2.75, 3.05) is 0 Å². The molecule has 0 saturated heterocycles. The fourth-order valence-electron chi connectivity index (χ4n) is 5.32. The molecular formula is C31H30N6O8. The second kappa shape index (κ2) is 12.7. The fraction of sp³-hybridized carbons (Fsp3) is 0.355. The number of aryl methyl sites for hydroxylation is 2. The highest BCUT2D eigenvalue weighted by Gasteiger charge is 2.21. The second-order valence-corrected chi connectivity index (χ2v) is 10.7. The zero-order valence-corrected chi connectivity index (χ0v) is 24.7. The van der Waals surface area contributed by atoms with E-state index in [-0.39, 0.29) is 34.2 Å². The third kappa shape index (κ3) is 6.30. The molecule has 0 bridgehead atoms. The van der Waals surface area contributed by atoms with Crippen molar-refractivity contribution >= 4 is 33.6 Å². The van der Waals surface area contributed by atoms with E-state index in [1.54, 1.807) is 0 Å². The lowest BCUT2D eigenvalue weighted by Gasteiger charge is -2.15. The van der Waals surface area contributed by atoms with Gasteiger partial charge in [-0.2, -0.15) is 9.97 Å². The van der Waals surface area contributed by atoms with Gasteiger partial charge in [-0.15, -0.1) is 0 Å². The summed E-state index contributed by atoms with van der Waals surface area (Å²) in [5.41, 5.74) is 3.50. The Morgan fingerprint density at radius 3 is 1.87 bits per heavy atom. The largest absolute Gasteiger partial charge is 0.403 e. The Bertz CT molecular complexity index is 2160. The molecule has 0 unspecified atom stereocenters. The van der Waals surface area contributed by atoms with Gasteiger partial charge in [-0.1, -0.05) is 41.9 Å². The van der Waals surface area contributed by atoms with Gasteiger partial charge in [0.05, 0.1) is 11.4 Å². The third-order valence-electron chi connectivity index (χ3n) is 7.78. The Kier molecular flexibility index (Phi) is 8.36. The topological polar surface area (TPSA) is 195 Å². The number of aromatic amines is 2. The van der Waals surface area contributed by atoms with Crippen LogP contribution in [0.5, 0.6) is 12.0 Å². The van der Waals surface area contributed by atoms with Gasteiger partial charge < -0.3 is 18.5 Å². The number of rotatable bonds is 6. The van der Waals surface area contributed by atoms with Crippen LogP contribution in [-0.4, -0.2) is 31.4 Å². The monoisotopic (exact) mass is 614 g/mol. The van der Waals surface area contributed by atoms with Gasteiger partial charge in [0.2, 0.25) is 11.4 Å². The van der Waals surface area contributed by atoms with Crippen molar-refractivity contribution in [3.8, 4) is 12.0 Å². The van der Waals surface area contributed by atoms with E-state index in [0.717, 1.165) is 61.9 Å². The average Bonchev–Trinajstić information content (AvgIpc) is 3.48. The van der Waals surface area contributed by atoms with Crippen LogP contribution in [0.4, 0.5) is 0 Å². The number of fused-ring (bicyclic) bond motifs is 2. The van der Waals surface area contributed by atoms with E-state index in [2.05, 4.69) is 42.4 Å². The van der Waals surface area contributed by atoms with E-state index in [4.69, 9.17) is 18.5 Å². The van der Waals surface area contributed by atoms with Gasteiger partial charge in [-0.25, -0.2) is 9.59 Å².